The number of carbonyl (C=O) groups excluding carboxylic acids is 1. The summed E-state index contributed by atoms with van der Waals surface area (Å²) < 4.78 is 0.917. The molecule has 1 amide bonds. The number of hydrogen-bond acceptors (Lipinski definition) is 1. The summed E-state index contributed by atoms with van der Waals surface area (Å²) in [7, 11) is 0. The predicted molar refractivity (Wildman–Crippen MR) is 93.2 cm³/mol. The molecule has 3 heteroatoms. The Morgan fingerprint density at radius 2 is 1.64 bits per heavy atom. The molecule has 1 fully saturated rings. The van der Waals surface area contributed by atoms with Gasteiger partial charge in [0.25, 0.3) is 5.91 Å². The number of aryl methyl sites for hydroxylation is 2. The molecule has 0 N–H and O–H groups in total. The SMILES string of the molecule is CC[N+](CC)(CC)C1CCCN(c2c(C)cccc2C)C1=O. The third kappa shape index (κ3) is 2.79. The normalized spacial score (nSPS) is 19.6. The second kappa shape index (κ2) is 6.82. The fourth-order valence-corrected chi connectivity index (χ4v) is 4.15. The van der Waals surface area contributed by atoms with Crippen molar-refractivity contribution < 1.29 is 9.28 Å². The van der Waals surface area contributed by atoms with Crippen molar-refractivity contribution in [2.45, 2.75) is 53.5 Å². The number of hydrogen-bond donors (Lipinski definition) is 0. The van der Waals surface area contributed by atoms with Crippen LogP contribution in [0.3, 0.4) is 0 Å². The molecule has 0 aliphatic carbocycles. The predicted octanol–water partition coefficient (Wildman–Crippen LogP) is 3.68. The first-order valence-corrected chi connectivity index (χ1v) is 8.74. The van der Waals surface area contributed by atoms with E-state index in [1.54, 1.807) is 0 Å². The molecular weight excluding hydrogens is 272 g/mol. The van der Waals surface area contributed by atoms with Crippen LogP contribution in [0.5, 0.6) is 0 Å². The minimum absolute atomic E-state index is 0.118. The number of amides is 1. The summed E-state index contributed by atoms with van der Waals surface area (Å²) in [5.41, 5.74) is 3.55. The lowest BCUT2D eigenvalue weighted by molar-refractivity contribution is -0.938. The highest BCUT2D eigenvalue weighted by Crippen LogP contribution is 2.31. The van der Waals surface area contributed by atoms with Crippen LogP contribution in [0.4, 0.5) is 5.69 Å². The average Bonchev–Trinajstić information content (AvgIpc) is 2.52. The zero-order valence-corrected chi connectivity index (χ0v) is 14.9. The molecule has 122 valence electrons. The third-order valence-corrected chi connectivity index (χ3v) is 5.67. The minimum Gasteiger partial charge on any atom is -0.314 e. The van der Waals surface area contributed by atoms with Gasteiger partial charge < -0.3 is 9.38 Å². The Bertz CT molecular complexity index is 506. The van der Waals surface area contributed by atoms with Crippen LogP contribution in [-0.4, -0.2) is 42.6 Å². The van der Waals surface area contributed by atoms with Gasteiger partial charge in [-0.25, -0.2) is 0 Å². The van der Waals surface area contributed by atoms with E-state index in [1.165, 1.54) is 11.1 Å². The molecule has 0 spiro atoms. The van der Waals surface area contributed by atoms with Crippen LogP contribution in [0.1, 0.15) is 44.7 Å². The van der Waals surface area contributed by atoms with Gasteiger partial charge >= 0.3 is 0 Å². The zero-order chi connectivity index (χ0) is 16.3. The van der Waals surface area contributed by atoms with Crippen molar-refractivity contribution in [3.63, 3.8) is 0 Å². The Morgan fingerprint density at radius 1 is 1.09 bits per heavy atom. The van der Waals surface area contributed by atoms with Crippen LogP contribution in [-0.2, 0) is 4.79 Å². The number of para-hydroxylation sites is 1. The Balaban J connectivity index is 2.39. The van der Waals surface area contributed by atoms with E-state index >= 15 is 0 Å². The smallest absolute Gasteiger partial charge is 0.285 e. The standard InChI is InChI=1S/C19H31N2O/c1-6-21(7-2,8-3)17-13-10-14-20(19(17)22)18-15(4)11-9-12-16(18)5/h9,11-12,17H,6-8,10,13-14H2,1-5H3/q+1. The molecule has 0 saturated carbocycles. The van der Waals surface area contributed by atoms with E-state index < -0.39 is 0 Å². The van der Waals surface area contributed by atoms with E-state index in [4.69, 9.17) is 0 Å². The maximum atomic E-state index is 13.3. The van der Waals surface area contributed by atoms with E-state index in [-0.39, 0.29) is 6.04 Å². The fourth-order valence-electron chi connectivity index (χ4n) is 4.15. The van der Waals surface area contributed by atoms with Gasteiger partial charge in [-0.2, -0.15) is 0 Å². The molecule has 0 bridgehead atoms. The average molecular weight is 303 g/mol. The maximum absolute atomic E-state index is 13.3. The number of rotatable bonds is 5. The summed E-state index contributed by atoms with van der Waals surface area (Å²) in [6, 6.07) is 6.42. The Kier molecular flexibility index (Phi) is 5.28. The van der Waals surface area contributed by atoms with Crippen molar-refractivity contribution >= 4 is 11.6 Å². The largest absolute Gasteiger partial charge is 0.314 e. The summed E-state index contributed by atoms with van der Waals surface area (Å²) in [5.74, 6) is 0.328. The van der Waals surface area contributed by atoms with Crippen LogP contribution in [0.25, 0.3) is 0 Å². The molecule has 2 rings (SSSR count). The third-order valence-electron chi connectivity index (χ3n) is 5.67. The van der Waals surface area contributed by atoms with E-state index in [0.29, 0.717) is 5.91 Å². The quantitative estimate of drug-likeness (QED) is 0.760. The number of quaternary nitrogens is 1. The van der Waals surface area contributed by atoms with Crippen molar-refractivity contribution in [2.24, 2.45) is 0 Å². The van der Waals surface area contributed by atoms with Crippen molar-refractivity contribution in [2.75, 3.05) is 31.1 Å². The highest BCUT2D eigenvalue weighted by Gasteiger charge is 2.43. The van der Waals surface area contributed by atoms with Crippen LogP contribution < -0.4 is 4.90 Å². The highest BCUT2D eigenvalue weighted by atomic mass is 16.2. The number of benzene rings is 1. The first-order valence-electron chi connectivity index (χ1n) is 8.74. The number of carbonyl (C=O) groups is 1. The molecule has 1 unspecified atom stereocenters. The monoisotopic (exact) mass is 303 g/mol. The van der Waals surface area contributed by atoms with Gasteiger partial charge in [0.2, 0.25) is 0 Å². The molecule has 1 atom stereocenters. The molecule has 1 saturated heterocycles. The lowest BCUT2D eigenvalue weighted by atomic mass is 9.97. The zero-order valence-electron chi connectivity index (χ0n) is 14.9. The highest BCUT2D eigenvalue weighted by molar-refractivity contribution is 5.98. The first-order chi connectivity index (χ1) is 10.5. The van der Waals surface area contributed by atoms with E-state index in [0.717, 1.165) is 49.2 Å². The lowest BCUT2D eigenvalue weighted by Gasteiger charge is -2.46. The van der Waals surface area contributed by atoms with Gasteiger partial charge in [-0.3, -0.25) is 4.79 Å². The second-order valence-corrected chi connectivity index (χ2v) is 6.56. The van der Waals surface area contributed by atoms with E-state index in [1.807, 2.05) is 0 Å². The summed E-state index contributed by atoms with van der Waals surface area (Å²) in [5, 5.41) is 0. The molecule has 1 aromatic carbocycles. The molecule has 0 aromatic heterocycles. The summed E-state index contributed by atoms with van der Waals surface area (Å²) in [6.07, 6.45) is 2.12. The number of anilines is 1. The molecule has 0 radical (unpaired) electrons. The van der Waals surface area contributed by atoms with Crippen molar-refractivity contribution in [1.29, 1.82) is 0 Å². The minimum atomic E-state index is 0.118. The summed E-state index contributed by atoms with van der Waals surface area (Å²) in [4.78, 5) is 15.3. The second-order valence-electron chi connectivity index (χ2n) is 6.56. The van der Waals surface area contributed by atoms with Crippen molar-refractivity contribution in [3.05, 3.63) is 29.3 Å². The summed E-state index contributed by atoms with van der Waals surface area (Å²) in [6.45, 7) is 14.8. The fraction of sp³-hybridized carbons (Fsp3) is 0.632. The number of piperidine rings is 1. The van der Waals surface area contributed by atoms with Crippen molar-refractivity contribution in [1.82, 2.24) is 0 Å². The molecule has 22 heavy (non-hydrogen) atoms. The van der Waals surface area contributed by atoms with Gasteiger partial charge in [-0.15, -0.1) is 0 Å². The molecule has 1 aliphatic heterocycles. The van der Waals surface area contributed by atoms with E-state index in [9.17, 15) is 4.79 Å². The Hall–Kier alpha value is -1.35. The summed E-state index contributed by atoms with van der Waals surface area (Å²) >= 11 is 0. The molecular formula is C19H31N2O+. The van der Waals surface area contributed by atoms with Gasteiger partial charge in [0.1, 0.15) is 0 Å². The van der Waals surface area contributed by atoms with Gasteiger partial charge in [-0.1, -0.05) is 18.2 Å². The lowest BCUT2D eigenvalue weighted by Crippen LogP contribution is -2.63. The van der Waals surface area contributed by atoms with Crippen LogP contribution in [0, 0.1) is 13.8 Å². The molecule has 1 heterocycles. The first kappa shape index (κ1) is 17.0. The maximum Gasteiger partial charge on any atom is 0.285 e. The molecule has 3 nitrogen and oxygen atoms in total. The van der Waals surface area contributed by atoms with Crippen LogP contribution in [0.2, 0.25) is 0 Å². The molecule has 1 aliphatic rings. The van der Waals surface area contributed by atoms with Gasteiger partial charge in [-0.05, 0) is 52.2 Å². The van der Waals surface area contributed by atoms with E-state index in [2.05, 4.69) is 57.7 Å². The van der Waals surface area contributed by atoms with Gasteiger partial charge in [0.05, 0.1) is 19.6 Å². The number of nitrogens with zero attached hydrogens (tertiary/aromatic N) is 2. The van der Waals surface area contributed by atoms with Crippen LogP contribution >= 0.6 is 0 Å². The molecule has 1 aromatic rings. The van der Waals surface area contributed by atoms with Gasteiger partial charge in [0.15, 0.2) is 6.04 Å². The Labute approximate surface area is 135 Å². The van der Waals surface area contributed by atoms with Gasteiger partial charge in [0, 0.05) is 18.7 Å². The van der Waals surface area contributed by atoms with Crippen LogP contribution in [0.15, 0.2) is 18.2 Å². The van der Waals surface area contributed by atoms with Crippen molar-refractivity contribution in [3.8, 4) is 0 Å². The Morgan fingerprint density at radius 3 is 2.14 bits per heavy atom. The number of likely N-dealkylation sites (N-methyl/N-ethyl adjacent to an activating group) is 1. The topological polar surface area (TPSA) is 20.3 Å².